The fourth-order valence-electron chi connectivity index (χ4n) is 4.40. The van der Waals surface area contributed by atoms with E-state index in [1.54, 1.807) is 0 Å². The third kappa shape index (κ3) is 3.28. The van der Waals surface area contributed by atoms with Crippen molar-refractivity contribution in [1.82, 2.24) is 0 Å². The van der Waals surface area contributed by atoms with Crippen LogP contribution in [-0.2, 0) is 0 Å². The van der Waals surface area contributed by atoms with E-state index >= 15 is 0 Å². The van der Waals surface area contributed by atoms with E-state index < -0.39 is 0 Å². The van der Waals surface area contributed by atoms with Gasteiger partial charge in [0.25, 0.3) is 0 Å². The molecule has 2 fully saturated rings. The molecule has 2 rings (SSSR count). The Morgan fingerprint density at radius 2 is 1.83 bits per heavy atom. The average Bonchev–Trinajstić information content (AvgIpc) is 2.40. The monoisotopic (exact) mass is 247 g/mol. The molecule has 0 saturated heterocycles. The van der Waals surface area contributed by atoms with Gasteiger partial charge in [-0.15, -0.1) is 0 Å². The minimum atomic E-state index is -0.0107. The van der Waals surface area contributed by atoms with Crippen LogP contribution in [0.4, 0.5) is 0 Å². The van der Waals surface area contributed by atoms with Crippen LogP contribution in [0, 0.1) is 34.5 Å². The standard InChI is InChI=1S/C17H29N/c1-3-5-14-7-9-15(10-8-14)16-6-4-11-17(2,12-16)13-18/h14-16H,3-12H2,1-2H3/t14?,15?,16-,17-/m1/s1. The molecule has 0 aromatic rings. The SMILES string of the molecule is CCCC1CCC([C@@H]2CCC[C@@](C)(C#N)C2)CC1. The maximum Gasteiger partial charge on any atom is 0.0686 e. The first-order chi connectivity index (χ1) is 8.67. The van der Waals surface area contributed by atoms with Crippen LogP contribution in [0.2, 0.25) is 0 Å². The first kappa shape index (κ1) is 13.9. The fourth-order valence-corrected chi connectivity index (χ4v) is 4.40. The van der Waals surface area contributed by atoms with Crippen LogP contribution in [0.15, 0.2) is 0 Å². The van der Waals surface area contributed by atoms with E-state index in [4.69, 9.17) is 0 Å². The quantitative estimate of drug-likeness (QED) is 0.662. The highest BCUT2D eigenvalue weighted by molar-refractivity contribution is 5.00. The van der Waals surface area contributed by atoms with E-state index in [1.807, 2.05) is 0 Å². The second-order valence-corrected chi connectivity index (χ2v) is 7.10. The van der Waals surface area contributed by atoms with Gasteiger partial charge in [0.05, 0.1) is 11.5 Å². The zero-order valence-corrected chi connectivity index (χ0v) is 12.3. The van der Waals surface area contributed by atoms with Crippen molar-refractivity contribution in [3.63, 3.8) is 0 Å². The van der Waals surface area contributed by atoms with E-state index in [1.165, 1.54) is 57.8 Å². The van der Waals surface area contributed by atoms with Crippen LogP contribution in [0.5, 0.6) is 0 Å². The Morgan fingerprint density at radius 3 is 2.44 bits per heavy atom. The Labute approximate surface area is 113 Å². The Morgan fingerprint density at radius 1 is 1.11 bits per heavy atom. The average molecular weight is 247 g/mol. The molecule has 0 bridgehead atoms. The van der Waals surface area contributed by atoms with Gasteiger partial charge in [-0.05, 0) is 50.4 Å². The lowest BCUT2D eigenvalue weighted by atomic mass is 9.64. The molecule has 0 unspecified atom stereocenters. The molecule has 2 aliphatic rings. The van der Waals surface area contributed by atoms with Gasteiger partial charge < -0.3 is 0 Å². The van der Waals surface area contributed by atoms with Gasteiger partial charge in [0.15, 0.2) is 0 Å². The summed E-state index contributed by atoms with van der Waals surface area (Å²) in [6, 6.07) is 2.58. The highest BCUT2D eigenvalue weighted by Crippen LogP contribution is 2.46. The number of hydrogen-bond donors (Lipinski definition) is 0. The first-order valence-electron chi connectivity index (χ1n) is 8.08. The smallest absolute Gasteiger partial charge is 0.0686 e. The Hall–Kier alpha value is -0.510. The molecule has 1 heteroatoms. The third-order valence-corrected chi connectivity index (χ3v) is 5.54. The summed E-state index contributed by atoms with van der Waals surface area (Å²) in [6.07, 6.45) is 13.6. The lowest BCUT2D eigenvalue weighted by molar-refractivity contribution is 0.118. The van der Waals surface area contributed by atoms with E-state index in [-0.39, 0.29) is 5.41 Å². The van der Waals surface area contributed by atoms with Crippen molar-refractivity contribution >= 4 is 0 Å². The summed E-state index contributed by atoms with van der Waals surface area (Å²) in [5.41, 5.74) is -0.0107. The van der Waals surface area contributed by atoms with Crippen molar-refractivity contribution in [2.75, 3.05) is 0 Å². The molecule has 2 saturated carbocycles. The van der Waals surface area contributed by atoms with Gasteiger partial charge in [0.1, 0.15) is 0 Å². The second kappa shape index (κ2) is 6.09. The predicted octanol–water partition coefficient (Wildman–Crippen LogP) is 5.31. The lowest BCUT2D eigenvalue weighted by Crippen LogP contribution is -2.30. The maximum atomic E-state index is 9.33. The predicted molar refractivity (Wildman–Crippen MR) is 76.0 cm³/mol. The van der Waals surface area contributed by atoms with E-state index in [0.29, 0.717) is 0 Å². The fraction of sp³-hybridized carbons (Fsp3) is 0.941. The minimum Gasteiger partial charge on any atom is -0.198 e. The Kier molecular flexibility index (Phi) is 4.71. The first-order valence-corrected chi connectivity index (χ1v) is 8.08. The number of nitrogens with zero attached hydrogens (tertiary/aromatic N) is 1. The van der Waals surface area contributed by atoms with Crippen molar-refractivity contribution < 1.29 is 0 Å². The molecule has 0 aromatic heterocycles. The van der Waals surface area contributed by atoms with E-state index in [9.17, 15) is 5.26 Å². The summed E-state index contributed by atoms with van der Waals surface area (Å²) >= 11 is 0. The normalized spacial score (nSPS) is 41.3. The zero-order chi connectivity index (χ0) is 13.0. The molecule has 0 amide bonds. The summed E-state index contributed by atoms with van der Waals surface area (Å²) in [5.74, 6) is 2.80. The van der Waals surface area contributed by atoms with Gasteiger partial charge in [-0.2, -0.15) is 5.26 Å². The van der Waals surface area contributed by atoms with Crippen molar-refractivity contribution in [1.29, 1.82) is 5.26 Å². The minimum absolute atomic E-state index is 0.0107. The summed E-state index contributed by atoms with van der Waals surface area (Å²) in [5, 5.41) is 9.33. The van der Waals surface area contributed by atoms with E-state index in [2.05, 4.69) is 19.9 Å². The molecule has 18 heavy (non-hydrogen) atoms. The van der Waals surface area contributed by atoms with Crippen molar-refractivity contribution in [2.45, 2.75) is 78.1 Å². The van der Waals surface area contributed by atoms with Crippen LogP contribution in [0.25, 0.3) is 0 Å². The molecule has 1 nitrogen and oxygen atoms in total. The molecular formula is C17H29N. The van der Waals surface area contributed by atoms with Crippen molar-refractivity contribution in [3.05, 3.63) is 0 Å². The van der Waals surface area contributed by atoms with Crippen LogP contribution in [0.1, 0.15) is 78.1 Å². The topological polar surface area (TPSA) is 23.8 Å². The lowest BCUT2D eigenvalue weighted by Gasteiger charge is -2.40. The summed E-state index contributed by atoms with van der Waals surface area (Å²) < 4.78 is 0. The molecular weight excluding hydrogens is 218 g/mol. The van der Waals surface area contributed by atoms with Crippen molar-refractivity contribution in [2.24, 2.45) is 23.2 Å². The van der Waals surface area contributed by atoms with Crippen LogP contribution in [-0.4, -0.2) is 0 Å². The molecule has 0 heterocycles. The third-order valence-electron chi connectivity index (χ3n) is 5.54. The van der Waals surface area contributed by atoms with Gasteiger partial charge in [0, 0.05) is 0 Å². The van der Waals surface area contributed by atoms with Crippen LogP contribution < -0.4 is 0 Å². The van der Waals surface area contributed by atoms with Crippen LogP contribution in [0.3, 0.4) is 0 Å². The van der Waals surface area contributed by atoms with Gasteiger partial charge in [-0.1, -0.05) is 45.4 Å². The molecule has 0 N–H and O–H groups in total. The van der Waals surface area contributed by atoms with Gasteiger partial charge in [-0.3, -0.25) is 0 Å². The van der Waals surface area contributed by atoms with Gasteiger partial charge in [0.2, 0.25) is 0 Å². The summed E-state index contributed by atoms with van der Waals surface area (Å²) in [7, 11) is 0. The van der Waals surface area contributed by atoms with Crippen LogP contribution >= 0.6 is 0 Å². The number of nitriles is 1. The molecule has 2 aliphatic carbocycles. The van der Waals surface area contributed by atoms with Gasteiger partial charge in [-0.25, -0.2) is 0 Å². The maximum absolute atomic E-state index is 9.33. The molecule has 2 atom stereocenters. The molecule has 0 radical (unpaired) electrons. The highest BCUT2D eigenvalue weighted by Gasteiger charge is 2.36. The number of hydrogen-bond acceptors (Lipinski definition) is 1. The molecule has 0 spiro atoms. The molecule has 0 aliphatic heterocycles. The second-order valence-electron chi connectivity index (χ2n) is 7.10. The Bertz CT molecular complexity index is 295. The zero-order valence-electron chi connectivity index (χ0n) is 12.3. The van der Waals surface area contributed by atoms with Gasteiger partial charge >= 0.3 is 0 Å². The van der Waals surface area contributed by atoms with Crippen molar-refractivity contribution in [3.8, 4) is 6.07 Å². The van der Waals surface area contributed by atoms with E-state index in [0.717, 1.165) is 24.2 Å². The Balaban J connectivity index is 1.84. The molecule has 102 valence electrons. The molecule has 0 aromatic carbocycles. The summed E-state index contributed by atoms with van der Waals surface area (Å²) in [4.78, 5) is 0. The summed E-state index contributed by atoms with van der Waals surface area (Å²) in [6.45, 7) is 4.49. The largest absolute Gasteiger partial charge is 0.198 e. The highest BCUT2D eigenvalue weighted by atomic mass is 14.4. The number of rotatable bonds is 3.